The molecule has 6 nitrogen and oxygen atoms in total. The van der Waals surface area contributed by atoms with E-state index in [2.05, 4.69) is 28.7 Å². The molecule has 0 spiro atoms. The van der Waals surface area contributed by atoms with E-state index in [0.29, 0.717) is 24.4 Å². The topological polar surface area (TPSA) is 78.4 Å². The van der Waals surface area contributed by atoms with Gasteiger partial charge in [0.25, 0.3) is 0 Å². The normalized spacial score (nSPS) is 11.6. The number of unbranched alkanes of at least 4 members (excludes halogenated alkanes) is 5. The standard InChI is InChI=1S/C28H38N2O4/c1-4-6-7-8-9-10-15-27(32)34-25-20-29-28(30-21-25)24-18-16-23(17-19-24)14-12-11-13-22(3)33-26(31)5-2/h4,16-22H,1,5-15H2,2-3H3. The lowest BCUT2D eigenvalue weighted by atomic mass is 10.0. The molecule has 0 saturated heterocycles. The van der Waals surface area contributed by atoms with E-state index in [0.717, 1.165) is 63.4 Å². The van der Waals surface area contributed by atoms with Gasteiger partial charge in [-0.25, -0.2) is 9.97 Å². The van der Waals surface area contributed by atoms with E-state index in [1.165, 1.54) is 5.56 Å². The molecule has 0 saturated carbocycles. The molecule has 1 unspecified atom stereocenters. The highest BCUT2D eigenvalue weighted by atomic mass is 16.5. The summed E-state index contributed by atoms with van der Waals surface area (Å²) in [5, 5.41) is 0. The summed E-state index contributed by atoms with van der Waals surface area (Å²) in [4.78, 5) is 32.0. The van der Waals surface area contributed by atoms with Gasteiger partial charge in [-0.15, -0.1) is 6.58 Å². The van der Waals surface area contributed by atoms with Crippen LogP contribution in [-0.4, -0.2) is 28.0 Å². The Balaban J connectivity index is 1.71. The molecule has 0 aliphatic carbocycles. The minimum Gasteiger partial charge on any atom is -0.463 e. The van der Waals surface area contributed by atoms with Crippen molar-refractivity contribution in [1.29, 1.82) is 0 Å². The molecule has 2 aromatic rings. The molecule has 0 aliphatic heterocycles. The number of rotatable bonds is 16. The highest BCUT2D eigenvalue weighted by Crippen LogP contribution is 2.19. The number of hydrogen-bond acceptors (Lipinski definition) is 6. The van der Waals surface area contributed by atoms with E-state index in [9.17, 15) is 9.59 Å². The van der Waals surface area contributed by atoms with Gasteiger partial charge in [0.2, 0.25) is 0 Å². The molecule has 0 fully saturated rings. The molecule has 1 atom stereocenters. The molecular weight excluding hydrogens is 428 g/mol. The van der Waals surface area contributed by atoms with E-state index in [1.54, 1.807) is 12.4 Å². The van der Waals surface area contributed by atoms with Crippen molar-refractivity contribution < 1.29 is 19.1 Å². The number of aromatic nitrogens is 2. The fourth-order valence-electron chi connectivity index (χ4n) is 3.56. The second-order valence-corrected chi connectivity index (χ2v) is 8.55. The van der Waals surface area contributed by atoms with Crippen molar-refractivity contribution in [2.24, 2.45) is 0 Å². The monoisotopic (exact) mass is 466 g/mol. The number of ether oxygens (including phenoxy) is 2. The lowest BCUT2D eigenvalue weighted by Gasteiger charge is -2.12. The first-order valence-corrected chi connectivity index (χ1v) is 12.4. The number of allylic oxidation sites excluding steroid dienone is 1. The molecule has 1 heterocycles. The fraction of sp³-hybridized carbons (Fsp3) is 0.500. The average Bonchev–Trinajstić information content (AvgIpc) is 2.85. The minimum absolute atomic E-state index is 0.0263. The Hall–Kier alpha value is -3.02. The van der Waals surface area contributed by atoms with Crippen LogP contribution in [0.3, 0.4) is 0 Å². The van der Waals surface area contributed by atoms with Gasteiger partial charge >= 0.3 is 11.9 Å². The summed E-state index contributed by atoms with van der Waals surface area (Å²) in [6.45, 7) is 7.47. The van der Waals surface area contributed by atoms with Crippen LogP contribution in [0.25, 0.3) is 11.4 Å². The van der Waals surface area contributed by atoms with Gasteiger partial charge in [-0.2, -0.15) is 0 Å². The van der Waals surface area contributed by atoms with Gasteiger partial charge in [0.15, 0.2) is 11.6 Å². The summed E-state index contributed by atoms with van der Waals surface area (Å²) in [7, 11) is 0. The smallest absolute Gasteiger partial charge is 0.311 e. The van der Waals surface area contributed by atoms with Crippen LogP contribution < -0.4 is 4.74 Å². The maximum Gasteiger partial charge on any atom is 0.311 e. The van der Waals surface area contributed by atoms with E-state index in [4.69, 9.17) is 9.47 Å². The molecule has 0 radical (unpaired) electrons. The van der Waals surface area contributed by atoms with Crippen molar-refractivity contribution in [1.82, 2.24) is 9.97 Å². The van der Waals surface area contributed by atoms with Crippen LogP contribution in [0.1, 0.15) is 83.6 Å². The second kappa shape index (κ2) is 15.8. The average molecular weight is 467 g/mol. The van der Waals surface area contributed by atoms with Crippen LogP contribution >= 0.6 is 0 Å². The first kappa shape index (κ1) is 27.2. The maximum absolute atomic E-state index is 12.0. The molecule has 0 N–H and O–H groups in total. The molecule has 6 heteroatoms. The zero-order chi connectivity index (χ0) is 24.6. The van der Waals surface area contributed by atoms with Crippen LogP contribution in [0.2, 0.25) is 0 Å². The number of esters is 2. The summed E-state index contributed by atoms with van der Waals surface area (Å²) in [6.07, 6.45) is 14.8. The molecule has 0 amide bonds. The number of nitrogens with zero attached hydrogens (tertiary/aromatic N) is 2. The minimum atomic E-state index is -0.248. The Morgan fingerprint density at radius 2 is 1.68 bits per heavy atom. The lowest BCUT2D eigenvalue weighted by Crippen LogP contribution is -2.13. The van der Waals surface area contributed by atoms with Crippen molar-refractivity contribution in [3.8, 4) is 17.1 Å². The third-order valence-electron chi connectivity index (χ3n) is 5.56. The molecule has 2 rings (SSSR count). The van der Waals surface area contributed by atoms with E-state index >= 15 is 0 Å². The van der Waals surface area contributed by atoms with Crippen molar-refractivity contribution in [2.75, 3.05) is 0 Å². The molecule has 1 aromatic carbocycles. The molecule has 0 aliphatic rings. The van der Waals surface area contributed by atoms with Crippen molar-refractivity contribution in [3.63, 3.8) is 0 Å². The van der Waals surface area contributed by atoms with Gasteiger partial charge in [0.05, 0.1) is 18.5 Å². The SMILES string of the molecule is C=CCCCCCCC(=O)Oc1cnc(-c2ccc(CCCCC(C)OC(=O)CC)cc2)nc1. The first-order valence-electron chi connectivity index (χ1n) is 12.4. The first-order chi connectivity index (χ1) is 16.5. The van der Waals surface area contributed by atoms with Crippen LogP contribution in [-0.2, 0) is 20.7 Å². The third kappa shape index (κ3) is 10.7. The lowest BCUT2D eigenvalue weighted by molar-refractivity contribution is -0.148. The predicted octanol–water partition coefficient (Wildman–Crippen LogP) is 6.63. The number of hydrogen-bond donors (Lipinski definition) is 0. The predicted molar refractivity (Wildman–Crippen MR) is 134 cm³/mol. The van der Waals surface area contributed by atoms with Gasteiger partial charge in [0, 0.05) is 18.4 Å². The number of benzene rings is 1. The molecule has 0 bridgehead atoms. The summed E-state index contributed by atoms with van der Waals surface area (Å²) >= 11 is 0. The molecular formula is C28H38N2O4. The van der Waals surface area contributed by atoms with Crippen molar-refractivity contribution in [3.05, 3.63) is 54.9 Å². The van der Waals surface area contributed by atoms with Crippen molar-refractivity contribution in [2.45, 2.75) is 90.6 Å². The van der Waals surface area contributed by atoms with E-state index in [-0.39, 0.29) is 18.0 Å². The molecule has 1 aromatic heterocycles. The van der Waals surface area contributed by atoms with E-state index < -0.39 is 0 Å². The molecule has 184 valence electrons. The Kier molecular flexibility index (Phi) is 12.6. The van der Waals surface area contributed by atoms with Crippen LogP contribution in [0, 0.1) is 0 Å². The zero-order valence-corrected chi connectivity index (χ0v) is 20.6. The number of carbonyl (C=O) groups is 2. The molecule has 34 heavy (non-hydrogen) atoms. The summed E-state index contributed by atoms with van der Waals surface area (Å²) in [5.41, 5.74) is 2.17. The second-order valence-electron chi connectivity index (χ2n) is 8.55. The van der Waals surface area contributed by atoms with Crippen LogP contribution in [0.5, 0.6) is 5.75 Å². The van der Waals surface area contributed by atoms with Gasteiger partial charge in [0.1, 0.15) is 0 Å². The Morgan fingerprint density at radius 3 is 2.35 bits per heavy atom. The number of aryl methyl sites for hydroxylation is 1. The van der Waals surface area contributed by atoms with Gasteiger partial charge in [-0.1, -0.05) is 50.1 Å². The Labute approximate surface area is 203 Å². The van der Waals surface area contributed by atoms with Gasteiger partial charge < -0.3 is 9.47 Å². The quantitative estimate of drug-likeness (QED) is 0.157. The highest BCUT2D eigenvalue weighted by Gasteiger charge is 2.09. The Morgan fingerprint density at radius 1 is 0.971 bits per heavy atom. The van der Waals surface area contributed by atoms with E-state index in [1.807, 2.05) is 32.1 Å². The van der Waals surface area contributed by atoms with Gasteiger partial charge in [-0.3, -0.25) is 9.59 Å². The van der Waals surface area contributed by atoms with Crippen molar-refractivity contribution >= 4 is 11.9 Å². The van der Waals surface area contributed by atoms with Gasteiger partial charge in [-0.05, 0) is 57.4 Å². The van der Waals surface area contributed by atoms with Crippen LogP contribution in [0.15, 0.2) is 49.3 Å². The highest BCUT2D eigenvalue weighted by molar-refractivity contribution is 5.72. The largest absolute Gasteiger partial charge is 0.463 e. The number of carbonyl (C=O) groups excluding carboxylic acids is 2. The zero-order valence-electron chi connectivity index (χ0n) is 20.6. The summed E-state index contributed by atoms with van der Waals surface area (Å²) in [6, 6.07) is 8.19. The van der Waals surface area contributed by atoms with Crippen LogP contribution in [0.4, 0.5) is 0 Å². The Bertz CT molecular complexity index is 878. The maximum atomic E-state index is 12.0. The third-order valence-corrected chi connectivity index (χ3v) is 5.56. The fourth-order valence-corrected chi connectivity index (χ4v) is 3.56. The summed E-state index contributed by atoms with van der Waals surface area (Å²) < 4.78 is 10.6. The summed E-state index contributed by atoms with van der Waals surface area (Å²) in [5.74, 6) is 0.584.